The van der Waals surface area contributed by atoms with Crippen molar-refractivity contribution in [3.05, 3.63) is 89.2 Å². The molecule has 2 aliphatic rings. The minimum absolute atomic E-state index is 0.00881. The molecule has 1 saturated heterocycles. The lowest BCUT2D eigenvalue weighted by Crippen LogP contribution is -2.43. The molecule has 0 aromatic heterocycles. The Balaban J connectivity index is 1.37. The van der Waals surface area contributed by atoms with Crippen molar-refractivity contribution in [3.63, 3.8) is 0 Å². The van der Waals surface area contributed by atoms with E-state index in [4.69, 9.17) is 9.47 Å². The summed E-state index contributed by atoms with van der Waals surface area (Å²) in [5.74, 6) is -2.14. The number of hydrogen-bond donors (Lipinski definition) is 1. The predicted octanol–water partition coefficient (Wildman–Crippen LogP) is 4.61. The van der Waals surface area contributed by atoms with E-state index in [1.807, 2.05) is 36.4 Å². The quantitative estimate of drug-likeness (QED) is 0.521. The third-order valence-electron chi connectivity index (χ3n) is 6.79. The van der Waals surface area contributed by atoms with Crippen LogP contribution in [0.3, 0.4) is 0 Å². The topological polar surface area (TPSA) is 79.3 Å². The first-order chi connectivity index (χ1) is 17.5. The highest BCUT2D eigenvalue weighted by molar-refractivity contribution is 5.91. The number of ether oxygens (including phenoxy) is 2. The highest BCUT2D eigenvalue weighted by atomic mass is 19.1. The molecule has 5 rings (SSSR count). The summed E-state index contributed by atoms with van der Waals surface area (Å²) in [5.41, 5.74) is 4.22. The molecule has 1 amide bonds. The van der Waals surface area contributed by atoms with Gasteiger partial charge in [0.05, 0.1) is 24.5 Å². The van der Waals surface area contributed by atoms with Crippen LogP contribution in [0.25, 0.3) is 11.1 Å². The highest BCUT2D eigenvalue weighted by Gasteiger charge is 2.30. The monoisotopic (exact) mass is 490 g/mol. The van der Waals surface area contributed by atoms with Crippen LogP contribution in [-0.2, 0) is 9.47 Å². The normalized spacial score (nSPS) is 15.2. The average Bonchev–Trinajstić information content (AvgIpc) is 3.22. The molecule has 3 aromatic rings. The number of carbonyl (C=O) groups is 2. The summed E-state index contributed by atoms with van der Waals surface area (Å²) in [7, 11) is 0. The maximum atomic E-state index is 15.0. The molecule has 8 heteroatoms. The van der Waals surface area contributed by atoms with Gasteiger partial charge in [-0.15, -0.1) is 0 Å². The van der Waals surface area contributed by atoms with Crippen molar-refractivity contribution in [3.8, 4) is 11.1 Å². The number of amides is 1. The second-order valence-corrected chi connectivity index (χ2v) is 8.88. The van der Waals surface area contributed by atoms with E-state index in [1.54, 1.807) is 0 Å². The summed E-state index contributed by atoms with van der Waals surface area (Å²) in [6.07, 6.45) is -0.674. The molecule has 0 atom stereocenters. The number of nitrogens with zero attached hydrogens (tertiary/aromatic N) is 2. The van der Waals surface area contributed by atoms with E-state index in [0.29, 0.717) is 19.8 Å². The van der Waals surface area contributed by atoms with E-state index in [1.165, 1.54) is 17.0 Å². The molecule has 1 heterocycles. The molecule has 36 heavy (non-hydrogen) atoms. The van der Waals surface area contributed by atoms with Crippen LogP contribution in [0.2, 0.25) is 0 Å². The van der Waals surface area contributed by atoms with Gasteiger partial charge in [0, 0.05) is 32.1 Å². The zero-order valence-corrected chi connectivity index (χ0v) is 19.7. The maximum Gasteiger partial charge on any atom is 0.414 e. The van der Waals surface area contributed by atoms with Gasteiger partial charge >= 0.3 is 12.1 Å². The van der Waals surface area contributed by atoms with Gasteiger partial charge in [0.1, 0.15) is 12.4 Å². The van der Waals surface area contributed by atoms with Crippen LogP contribution >= 0.6 is 0 Å². The zero-order valence-electron chi connectivity index (χ0n) is 19.7. The summed E-state index contributed by atoms with van der Waals surface area (Å²) in [4.78, 5) is 28.0. The lowest BCUT2D eigenvalue weighted by molar-refractivity contribution is 0.0390. The smallest absolute Gasteiger partial charge is 0.414 e. The Morgan fingerprint density at radius 2 is 1.64 bits per heavy atom. The summed E-state index contributed by atoms with van der Waals surface area (Å²) >= 11 is 0. The van der Waals surface area contributed by atoms with Gasteiger partial charge in [-0.2, -0.15) is 0 Å². The molecule has 1 aliphatic carbocycles. The molecular formula is C28H27FN2O5. The Labute approximate surface area is 208 Å². The number of aromatic carboxylic acids is 1. The van der Waals surface area contributed by atoms with Gasteiger partial charge in [0.25, 0.3) is 0 Å². The van der Waals surface area contributed by atoms with Gasteiger partial charge in [-0.25, -0.2) is 14.0 Å². The number of halogens is 1. The first-order valence-corrected chi connectivity index (χ1v) is 12.0. The average molecular weight is 491 g/mol. The minimum atomic E-state index is -1.23. The van der Waals surface area contributed by atoms with Crippen molar-refractivity contribution in [2.24, 2.45) is 0 Å². The molecule has 0 spiro atoms. The first kappa shape index (κ1) is 24.0. The number of morpholine rings is 1. The van der Waals surface area contributed by atoms with Crippen LogP contribution < -0.4 is 4.90 Å². The second-order valence-electron chi connectivity index (χ2n) is 8.88. The molecule has 1 fully saturated rings. The number of hydrogen-bond acceptors (Lipinski definition) is 5. The fraction of sp³-hybridized carbons (Fsp3) is 0.286. The summed E-state index contributed by atoms with van der Waals surface area (Å²) < 4.78 is 26.1. The number of anilines is 1. The van der Waals surface area contributed by atoms with Gasteiger partial charge in [-0.3, -0.25) is 9.80 Å². The molecule has 186 valence electrons. The fourth-order valence-electron chi connectivity index (χ4n) is 4.91. The van der Waals surface area contributed by atoms with Gasteiger partial charge < -0.3 is 14.6 Å². The number of carbonyl (C=O) groups excluding carboxylic acids is 1. The number of fused-ring (bicyclic) bond motifs is 3. The highest BCUT2D eigenvalue weighted by Crippen LogP contribution is 2.44. The molecular weight excluding hydrogens is 463 g/mol. The van der Waals surface area contributed by atoms with Crippen molar-refractivity contribution >= 4 is 17.7 Å². The number of rotatable bonds is 7. The Kier molecular flexibility index (Phi) is 6.97. The largest absolute Gasteiger partial charge is 0.478 e. The maximum absolute atomic E-state index is 15.0. The van der Waals surface area contributed by atoms with Crippen LogP contribution in [-0.4, -0.2) is 68.1 Å². The lowest BCUT2D eigenvalue weighted by Gasteiger charge is -2.30. The van der Waals surface area contributed by atoms with Crippen molar-refractivity contribution in [2.75, 3.05) is 50.9 Å². The van der Waals surface area contributed by atoms with Crippen molar-refractivity contribution in [2.45, 2.75) is 5.92 Å². The zero-order chi connectivity index (χ0) is 25.1. The predicted molar refractivity (Wildman–Crippen MR) is 133 cm³/mol. The van der Waals surface area contributed by atoms with Crippen molar-refractivity contribution in [1.82, 2.24) is 4.90 Å². The lowest BCUT2D eigenvalue weighted by atomic mass is 9.98. The standard InChI is InChI=1S/C28H27FN2O5/c29-25-17-19(27(32)33)9-10-26(25)31(12-11-30-13-15-35-16-14-30)28(34)36-18-24-22-7-3-1-5-20(22)21-6-2-4-8-23(21)24/h1-10,17,24H,11-16,18H2,(H,32,33). The van der Waals surface area contributed by atoms with Crippen LogP contribution in [0.1, 0.15) is 27.4 Å². The van der Waals surface area contributed by atoms with Gasteiger partial charge in [-0.1, -0.05) is 48.5 Å². The number of carboxylic acid groups (broad SMARTS) is 1. The molecule has 1 N–H and O–H groups in total. The van der Waals surface area contributed by atoms with E-state index in [-0.39, 0.29) is 30.3 Å². The van der Waals surface area contributed by atoms with Crippen LogP contribution in [0.15, 0.2) is 66.7 Å². The van der Waals surface area contributed by atoms with Gasteiger partial charge in [-0.05, 0) is 40.5 Å². The Morgan fingerprint density at radius 1 is 1.00 bits per heavy atom. The SMILES string of the molecule is O=C(O)c1ccc(N(CCN2CCOCC2)C(=O)OCC2c3ccccc3-c3ccccc32)c(F)c1. The first-order valence-electron chi connectivity index (χ1n) is 12.0. The van der Waals surface area contributed by atoms with Crippen LogP contribution in [0.5, 0.6) is 0 Å². The number of benzene rings is 3. The Hall–Kier alpha value is -3.75. The third-order valence-corrected chi connectivity index (χ3v) is 6.79. The third kappa shape index (κ3) is 4.82. The van der Waals surface area contributed by atoms with E-state index in [2.05, 4.69) is 17.0 Å². The molecule has 7 nitrogen and oxygen atoms in total. The Bertz CT molecular complexity index is 1230. The van der Waals surface area contributed by atoms with Crippen molar-refractivity contribution in [1.29, 1.82) is 0 Å². The van der Waals surface area contributed by atoms with Crippen LogP contribution in [0, 0.1) is 5.82 Å². The Morgan fingerprint density at radius 3 is 2.25 bits per heavy atom. The molecule has 0 bridgehead atoms. The van der Waals surface area contributed by atoms with E-state index < -0.39 is 17.9 Å². The van der Waals surface area contributed by atoms with Gasteiger partial charge in [0.2, 0.25) is 0 Å². The summed E-state index contributed by atoms with van der Waals surface area (Å²) in [6, 6.07) is 19.6. The fourth-order valence-corrected chi connectivity index (χ4v) is 4.91. The molecule has 0 radical (unpaired) electrons. The molecule has 1 aliphatic heterocycles. The second kappa shape index (κ2) is 10.5. The summed E-state index contributed by atoms with van der Waals surface area (Å²) in [5, 5.41) is 9.20. The van der Waals surface area contributed by atoms with Crippen molar-refractivity contribution < 1.29 is 28.6 Å². The van der Waals surface area contributed by atoms with Crippen LogP contribution in [0.4, 0.5) is 14.9 Å². The summed E-state index contributed by atoms with van der Waals surface area (Å²) in [6.45, 7) is 3.46. The van der Waals surface area contributed by atoms with E-state index in [0.717, 1.165) is 41.4 Å². The minimum Gasteiger partial charge on any atom is -0.478 e. The van der Waals surface area contributed by atoms with E-state index >= 15 is 0 Å². The van der Waals surface area contributed by atoms with E-state index in [9.17, 15) is 19.1 Å². The molecule has 3 aromatic carbocycles. The molecule has 0 unspecified atom stereocenters. The van der Waals surface area contributed by atoms with Gasteiger partial charge in [0.15, 0.2) is 0 Å². The molecule has 0 saturated carbocycles. The number of carboxylic acids is 1.